The average molecular weight is 339 g/mol. The highest BCUT2D eigenvalue weighted by atomic mass is 32.2. The second-order valence-corrected chi connectivity index (χ2v) is 7.05. The summed E-state index contributed by atoms with van der Waals surface area (Å²) >= 11 is 0. The minimum Gasteiger partial charge on any atom is -0.480 e. The van der Waals surface area contributed by atoms with Crippen molar-refractivity contribution in [3.8, 4) is 5.75 Å². The summed E-state index contributed by atoms with van der Waals surface area (Å²) in [7, 11) is -3.88. The van der Waals surface area contributed by atoms with Gasteiger partial charge < -0.3 is 4.74 Å². The zero-order valence-electron chi connectivity index (χ0n) is 12.1. The zero-order valence-corrected chi connectivity index (χ0v) is 13.0. The number of benzene rings is 1. The fraction of sp³-hybridized carbons (Fsp3) is 0.462. The number of carbonyl (C=O) groups is 1. The third kappa shape index (κ3) is 4.62. The minimum absolute atomic E-state index is 0.542. The lowest BCUT2D eigenvalue weighted by atomic mass is 10.2. The third-order valence-corrected chi connectivity index (χ3v) is 4.46. The molecule has 0 aliphatic heterocycles. The van der Waals surface area contributed by atoms with Gasteiger partial charge in [0, 0.05) is 0 Å². The molecule has 124 valence electrons. The van der Waals surface area contributed by atoms with Crippen LogP contribution in [0.1, 0.15) is 26.3 Å². The lowest BCUT2D eigenvalue weighted by Crippen LogP contribution is -2.43. The van der Waals surface area contributed by atoms with E-state index < -0.39 is 44.8 Å². The van der Waals surface area contributed by atoms with Crippen molar-refractivity contribution in [2.45, 2.75) is 38.3 Å². The maximum atomic E-state index is 12.8. The highest BCUT2D eigenvalue weighted by Crippen LogP contribution is 2.36. The number of amides is 1. The lowest BCUT2D eigenvalue weighted by Gasteiger charge is -2.18. The summed E-state index contributed by atoms with van der Waals surface area (Å²) in [5, 5.41) is -0.855. The van der Waals surface area contributed by atoms with Gasteiger partial charge >= 0.3 is 6.18 Å². The molecule has 1 amide bonds. The Hall–Kier alpha value is -1.77. The van der Waals surface area contributed by atoms with Gasteiger partial charge in [0.25, 0.3) is 5.91 Å². The van der Waals surface area contributed by atoms with E-state index in [0.29, 0.717) is 0 Å². The number of hydrogen-bond donors (Lipinski definition) is 1. The van der Waals surface area contributed by atoms with Crippen LogP contribution in [-0.4, -0.2) is 25.7 Å². The van der Waals surface area contributed by atoms with Gasteiger partial charge in [0.2, 0.25) is 10.0 Å². The molecular weight excluding hydrogens is 323 g/mol. The Balaban J connectivity index is 2.91. The van der Waals surface area contributed by atoms with E-state index in [1.54, 1.807) is 4.72 Å². The van der Waals surface area contributed by atoms with Gasteiger partial charge in [-0.15, -0.1) is 0 Å². The normalized spacial score (nSPS) is 13.8. The summed E-state index contributed by atoms with van der Waals surface area (Å²) < 4.78 is 68.2. The van der Waals surface area contributed by atoms with Gasteiger partial charge in [-0.2, -0.15) is 13.2 Å². The Morgan fingerprint density at radius 2 is 1.73 bits per heavy atom. The molecule has 0 aromatic heterocycles. The number of carbonyl (C=O) groups excluding carboxylic acids is 1. The molecule has 0 bridgehead atoms. The number of rotatable bonds is 5. The van der Waals surface area contributed by atoms with Crippen molar-refractivity contribution in [1.82, 2.24) is 4.72 Å². The second kappa shape index (κ2) is 6.55. The second-order valence-electron chi connectivity index (χ2n) is 4.81. The van der Waals surface area contributed by atoms with Crippen LogP contribution in [0.2, 0.25) is 0 Å². The van der Waals surface area contributed by atoms with E-state index in [0.717, 1.165) is 12.1 Å². The van der Waals surface area contributed by atoms with Crippen molar-refractivity contribution in [1.29, 1.82) is 0 Å². The summed E-state index contributed by atoms with van der Waals surface area (Å²) in [4.78, 5) is 11.7. The van der Waals surface area contributed by atoms with E-state index >= 15 is 0 Å². The summed E-state index contributed by atoms with van der Waals surface area (Å²) in [6, 6.07) is 4.37. The van der Waals surface area contributed by atoms with E-state index in [-0.39, 0.29) is 0 Å². The fourth-order valence-corrected chi connectivity index (χ4v) is 2.07. The molecule has 0 unspecified atom stereocenters. The first-order valence-electron chi connectivity index (χ1n) is 6.33. The van der Waals surface area contributed by atoms with Crippen LogP contribution in [0.3, 0.4) is 0 Å². The van der Waals surface area contributed by atoms with E-state index in [9.17, 15) is 26.4 Å². The van der Waals surface area contributed by atoms with Gasteiger partial charge in [-0.05, 0) is 32.9 Å². The first kappa shape index (κ1) is 18.3. The Kier molecular flexibility index (Phi) is 5.44. The van der Waals surface area contributed by atoms with Crippen LogP contribution < -0.4 is 9.46 Å². The number of halogens is 3. The molecule has 22 heavy (non-hydrogen) atoms. The first-order chi connectivity index (χ1) is 9.95. The third-order valence-electron chi connectivity index (χ3n) is 2.73. The van der Waals surface area contributed by atoms with E-state index in [1.165, 1.54) is 32.9 Å². The maximum absolute atomic E-state index is 12.8. The largest absolute Gasteiger partial charge is 0.480 e. The molecule has 0 saturated heterocycles. The maximum Gasteiger partial charge on any atom is 0.419 e. The van der Waals surface area contributed by atoms with Crippen molar-refractivity contribution >= 4 is 15.9 Å². The topological polar surface area (TPSA) is 72.5 Å². The van der Waals surface area contributed by atoms with Crippen molar-refractivity contribution in [3.05, 3.63) is 29.8 Å². The number of ether oxygens (including phenoxy) is 1. The highest BCUT2D eigenvalue weighted by molar-refractivity contribution is 7.90. The Bertz CT molecular complexity index is 641. The number of alkyl halides is 3. The monoisotopic (exact) mass is 339 g/mol. The Morgan fingerprint density at radius 3 is 2.23 bits per heavy atom. The number of sulfonamides is 1. The smallest absolute Gasteiger partial charge is 0.419 e. The van der Waals surface area contributed by atoms with Gasteiger partial charge in [0.05, 0.1) is 10.8 Å². The Labute approximate surface area is 126 Å². The predicted molar refractivity (Wildman–Crippen MR) is 73.7 cm³/mol. The first-order valence-corrected chi connectivity index (χ1v) is 7.88. The van der Waals surface area contributed by atoms with Crippen molar-refractivity contribution in [2.24, 2.45) is 0 Å². The standard InChI is InChI=1S/C13H16F3NO4S/c1-8(2)22(19,20)17-12(18)9(3)21-11-7-5-4-6-10(11)13(14,15)16/h4-9H,1-3H3,(H,17,18)/t9-/m1/s1. The number of hydrogen-bond acceptors (Lipinski definition) is 4. The summed E-state index contributed by atoms with van der Waals surface area (Å²) in [5.74, 6) is -1.58. The van der Waals surface area contributed by atoms with Crippen LogP contribution in [0.4, 0.5) is 13.2 Å². The molecule has 0 heterocycles. The van der Waals surface area contributed by atoms with E-state index in [2.05, 4.69) is 0 Å². The highest BCUT2D eigenvalue weighted by Gasteiger charge is 2.35. The van der Waals surface area contributed by atoms with Gasteiger partial charge in [-0.1, -0.05) is 12.1 Å². The van der Waals surface area contributed by atoms with Gasteiger partial charge in [-0.3, -0.25) is 4.79 Å². The fourth-order valence-electron chi connectivity index (χ4n) is 1.39. The quantitative estimate of drug-likeness (QED) is 0.894. The Morgan fingerprint density at radius 1 is 1.18 bits per heavy atom. The van der Waals surface area contributed by atoms with Crippen molar-refractivity contribution in [2.75, 3.05) is 0 Å². The molecule has 1 N–H and O–H groups in total. The van der Waals surface area contributed by atoms with Crippen molar-refractivity contribution in [3.63, 3.8) is 0 Å². The molecule has 1 rings (SSSR count). The molecule has 0 spiro atoms. The SMILES string of the molecule is CC(C)S(=O)(=O)NC(=O)[C@@H](C)Oc1ccccc1C(F)(F)F. The molecule has 1 atom stereocenters. The van der Waals surface area contributed by atoms with Crippen LogP contribution in [-0.2, 0) is 21.0 Å². The lowest BCUT2D eigenvalue weighted by molar-refractivity contribution is -0.140. The van der Waals surface area contributed by atoms with Crippen LogP contribution in [0.15, 0.2) is 24.3 Å². The molecule has 0 saturated carbocycles. The van der Waals surface area contributed by atoms with E-state index in [1.807, 2.05) is 0 Å². The molecule has 5 nitrogen and oxygen atoms in total. The van der Waals surface area contributed by atoms with Gasteiger partial charge in [0.1, 0.15) is 5.75 Å². The average Bonchev–Trinajstić information content (AvgIpc) is 2.37. The molecule has 0 radical (unpaired) electrons. The van der Waals surface area contributed by atoms with Gasteiger partial charge in [-0.25, -0.2) is 13.1 Å². The van der Waals surface area contributed by atoms with Crippen LogP contribution >= 0.6 is 0 Å². The summed E-state index contributed by atoms with van der Waals surface area (Å²) in [6.45, 7) is 3.89. The number of para-hydroxylation sites is 1. The minimum atomic E-state index is -4.64. The summed E-state index contributed by atoms with van der Waals surface area (Å²) in [5.41, 5.74) is -1.04. The predicted octanol–water partition coefficient (Wildman–Crippen LogP) is 2.33. The van der Waals surface area contributed by atoms with Gasteiger partial charge in [0.15, 0.2) is 6.10 Å². The van der Waals surface area contributed by atoms with E-state index in [4.69, 9.17) is 4.74 Å². The molecular formula is C13H16F3NO4S. The van der Waals surface area contributed by atoms with Crippen LogP contribution in [0.5, 0.6) is 5.75 Å². The zero-order chi connectivity index (χ0) is 17.1. The molecule has 1 aromatic rings. The molecule has 0 aliphatic rings. The van der Waals surface area contributed by atoms with Crippen LogP contribution in [0.25, 0.3) is 0 Å². The molecule has 0 aliphatic carbocycles. The van der Waals surface area contributed by atoms with Crippen LogP contribution in [0, 0.1) is 0 Å². The number of nitrogens with one attached hydrogen (secondary N) is 1. The summed E-state index contributed by atoms with van der Waals surface area (Å²) in [6.07, 6.45) is -6.05. The molecule has 0 fully saturated rings. The molecule has 1 aromatic carbocycles. The van der Waals surface area contributed by atoms with Crippen molar-refractivity contribution < 1.29 is 31.1 Å². The molecule has 9 heteroatoms.